The first kappa shape index (κ1) is 20.6. The zero-order chi connectivity index (χ0) is 20.8. The van der Waals surface area contributed by atoms with E-state index in [1.807, 2.05) is 54.0 Å². The Kier molecular flexibility index (Phi) is 6.66. The molecule has 3 rings (SSSR count). The molecule has 0 radical (unpaired) electrons. The van der Waals surface area contributed by atoms with Gasteiger partial charge < -0.3 is 4.74 Å². The SMILES string of the molecule is CCOC(=O)NC(=O)CSc1nnc(-c2ccccc2)n1-c1ccc(C)c(C)c1. The number of aromatic nitrogens is 3. The van der Waals surface area contributed by atoms with Crippen LogP contribution in [0.3, 0.4) is 0 Å². The summed E-state index contributed by atoms with van der Waals surface area (Å²) in [5.41, 5.74) is 4.16. The second-order valence-corrected chi connectivity index (χ2v) is 7.28. The van der Waals surface area contributed by atoms with Crippen LogP contribution < -0.4 is 5.32 Å². The van der Waals surface area contributed by atoms with Crippen molar-refractivity contribution in [3.8, 4) is 17.1 Å². The zero-order valence-electron chi connectivity index (χ0n) is 16.5. The predicted octanol–water partition coefficient (Wildman–Crippen LogP) is 3.92. The molecule has 1 aromatic heterocycles. The molecule has 0 fully saturated rings. The number of alkyl carbamates (subject to hydrolysis) is 1. The lowest BCUT2D eigenvalue weighted by molar-refractivity contribution is -0.117. The minimum Gasteiger partial charge on any atom is -0.450 e. The summed E-state index contributed by atoms with van der Waals surface area (Å²) in [4.78, 5) is 23.4. The topological polar surface area (TPSA) is 86.1 Å². The van der Waals surface area contributed by atoms with E-state index in [2.05, 4.69) is 28.5 Å². The van der Waals surface area contributed by atoms with E-state index >= 15 is 0 Å². The summed E-state index contributed by atoms with van der Waals surface area (Å²) in [6.45, 7) is 5.98. The number of imide groups is 1. The standard InChI is InChI=1S/C21H22N4O3S/c1-4-28-21(27)22-18(26)13-29-20-24-23-19(16-8-6-5-7-9-16)25(20)17-11-10-14(2)15(3)12-17/h5-12H,4,13H2,1-3H3,(H,22,26,27). The van der Waals surface area contributed by atoms with Gasteiger partial charge in [0, 0.05) is 5.56 Å². The van der Waals surface area contributed by atoms with E-state index in [0.717, 1.165) is 16.8 Å². The molecule has 0 spiro atoms. The third-order valence-corrected chi connectivity index (χ3v) is 5.19. The fourth-order valence-corrected chi connectivity index (χ4v) is 3.43. The number of ether oxygens (including phenoxy) is 1. The van der Waals surface area contributed by atoms with Gasteiger partial charge >= 0.3 is 6.09 Å². The summed E-state index contributed by atoms with van der Waals surface area (Å²) >= 11 is 1.21. The van der Waals surface area contributed by atoms with E-state index in [-0.39, 0.29) is 12.4 Å². The Hall–Kier alpha value is -3.13. The van der Waals surface area contributed by atoms with Crippen LogP contribution in [0.15, 0.2) is 53.7 Å². The summed E-state index contributed by atoms with van der Waals surface area (Å²) in [5.74, 6) is 0.239. The normalized spacial score (nSPS) is 10.6. The molecule has 0 saturated heterocycles. The first-order valence-electron chi connectivity index (χ1n) is 9.17. The molecule has 0 aliphatic rings. The van der Waals surface area contributed by atoms with E-state index in [0.29, 0.717) is 11.0 Å². The van der Waals surface area contributed by atoms with Gasteiger partial charge in [0.25, 0.3) is 0 Å². The molecule has 29 heavy (non-hydrogen) atoms. The predicted molar refractivity (Wildman–Crippen MR) is 112 cm³/mol. The Bertz CT molecular complexity index is 1020. The minimum absolute atomic E-state index is 0.0105. The van der Waals surface area contributed by atoms with Crippen LogP contribution in [0, 0.1) is 13.8 Å². The maximum absolute atomic E-state index is 12.0. The van der Waals surface area contributed by atoms with Gasteiger partial charge in [-0.05, 0) is 44.0 Å². The van der Waals surface area contributed by atoms with E-state index in [4.69, 9.17) is 4.74 Å². The average molecular weight is 410 g/mol. The highest BCUT2D eigenvalue weighted by Gasteiger charge is 2.18. The van der Waals surface area contributed by atoms with Gasteiger partial charge in [0.05, 0.1) is 18.0 Å². The lowest BCUT2D eigenvalue weighted by Crippen LogP contribution is -2.32. The van der Waals surface area contributed by atoms with Gasteiger partial charge in [0.15, 0.2) is 11.0 Å². The second kappa shape index (κ2) is 9.38. The maximum Gasteiger partial charge on any atom is 0.413 e. The van der Waals surface area contributed by atoms with Crippen molar-refractivity contribution in [3.63, 3.8) is 0 Å². The largest absolute Gasteiger partial charge is 0.450 e. The number of carbonyl (C=O) groups is 2. The van der Waals surface area contributed by atoms with Crippen LogP contribution in [-0.4, -0.2) is 39.1 Å². The van der Waals surface area contributed by atoms with Crippen LogP contribution in [0.4, 0.5) is 4.79 Å². The molecule has 7 nitrogen and oxygen atoms in total. The number of aryl methyl sites for hydroxylation is 2. The average Bonchev–Trinajstić information content (AvgIpc) is 3.13. The number of nitrogens with zero attached hydrogens (tertiary/aromatic N) is 3. The minimum atomic E-state index is -0.751. The molecule has 1 N–H and O–H groups in total. The van der Waals surface area contributed by atoms with E-state index in [1.54, 1.807) is 6.92 Å². The fourth-order valence-electron chi connectivity index (χ4n) is 2.68. The van der Waals surface area contributed by atoms with Crippen molar-refractivity contribution in [2.24, 2.45) is 0 Å². The van der Waals surface area contributed by atoms with Crippen LogP contribution in [-0.2, 0) is 9.53 Å². The molecule has 8 heteroatoms. The number of rotatable bonds is 6. The zero-order valence-corrected chi connectivity index (χ0v) is 17.3. The Labute approximate surface area is 173 Å². The monoisotopic (exact) mass is 410 g/mol. The van der Waals surface area contributed by atoms with Gasteiger partial charge in [0.2, 0.25) is 5.91 Å². The molecule has 150 valence electrons. The summed E-state index contributed by atoms with van der Waals surface area (Å²) < 4.78 is 6.65. The molecule has 0 atom stereocenters. The van der Waals surface area contributed by atoms with E-state index < -0.39 is 12.0 Å². The third kappa shape index (κ3) is 5.03. The highest BCUT2D eigenvalue weighted by atomic mass is 32.2. The van der Waals surface area contributed by atoms with Crippen molar-refractivity contribution in [1.29, 1.82) is 0 Å². The van der Waals surface area contributed by atoms with Crippen molar-refractivity contribution in [2.45, 2.75) is 25.9 Å². The number of hydrogen-bond donors (Lipinski definition) is 1. The Balaban J connectivity index is 1.91. The highest BCUT2D eigenvalue weighted by Crippen LogP contribution is 2.28. The van der Waals surface area contributed by atoms with E-state index in [9.17, 15) is 9.59 Å². The van der Waals surface area contributed by atoms with Gasteiger partial charge in [-0.1, -0.05) is 48.2 Å². The molecule has 0 aliphatic carbocycles. The van der Waals surface area contributed by atoms with Crippen LogP contribution in [0.25, 0.3) is 17.1 Å². The number of thioether (sulfide) groups is 1. The summed E-state index contributed by atoms with van der Waals surface area (Å²) in [5, 5.41) is 11.4. The maximum atomic E-state index is 12.0. The van der Waals surface area contributed by atoms with Crippen molar-refractivity contribution in [2.75, 3.05) is 12.4 Å². The van der Waals surface area contributed by atoms with Gasteiger partial charge in [-0.25, -0.2) is 4.79 Å². The second-order valence-electron chi connectivity index (χ2n) is 6.33. The van der Waals surface area contributed by atoms with Crippen molar-refractivity contribution < 1.29 is 14.3 Å². The van der Waals surface area contributed by atoms with Crippen LogP contribution in [0.2, 0.25) is 0 Å². The molecule has 0 aliphatic heterocycles. The molecular weight excluding hydrogens is 388 g/mol. The summed E-state index contributed by atoms with van der Waals surface area (Å²) in [7, 11) is 0. The van der Waals surface area contributed by atoms with Gasteiger partial charge in [-0.3, -0.25) is 14.7 Å². The van der Waals surface area contributed by atoms with Crippen LogP contribution in [0.1, 0.15) is 18.1 Å². The Morgan fingerprint density at radius 1 is 1.07 bits per heavy atom. The number of benzene rings is 2. The van der Waals surface area contributed by atoms with Crippen LogP contribution >= 0.6 is 11.8 Å². The molecular formula is C21H22N4O3S. The first-order chi connectivity index (χ1) is 14.0. The highest BCUT2D eigenvalue weighted by molar-refractivity contribution is 7.99. The smallest absolute Gasteiger partial charge is 0.413 e. The summed E-state index contributed by atoms with van der Waals surface area (Å²) in [6, 6.07) is 15.8. The van der Waals surface area contributed by atoms with Crippen molar-refractivity contribution in [3.05, 3.63) is 59.7 Å². The van der Waals surface area contributed by atoms with Crippen molar-refractivity contribution >= 4 is 23.8 Å². The number of nitrogens with one attached hydrogen (secondary N) is 1. The Morgan fingerprint density at radius 2 is 1.83 bits per heavy atom. The number of amides is 2. The third-order valence-electron chi connectivity index (χ3n) is 4.26. The van der Waals surface area contributed by atoms with Gasteiger partial charge in [-0.15, -0.1) is 10.2 Å². The molecule has 3 aromatic rings. The first-order valence-corrected chi connectivity index (χ1v) is 10.2. The lowest BCUT2D eigenvalue weighted by Gasteiger charge is -2.12. The molecule has 0 unspecified atom stereocenters. The lowest BCUT2D eigenvalue weighted by atomic mass is 10.1. The molecule has 0 bridgehead atoms. The van der Waals surface area contributed by atoms with Crippen molar-refractivity contribution in [1.82, 2.24) is 20.1 Å². The quantitative estimate of drug-likeness (QED) is 0.620. The van der Waals surface area contributed by atoms with E-state index in [1.165, 1.54) is 17.3 Å². The Morgan fingerprint density at radius 3 is 2.52 bits per heavy atom. The van der Waals surface area contributed by atoms with Gasteiger partial charge in [-0.2, -0.15) is 0 Å². The molecule has 2 amide bonds. The number of hydrogen-bond acceptors (Lipinski definition) is 6. The molecule has 0 saturated carbocycles. The molecule has 1 heterocycles. The fraction of sp³-hybridized carbons (Fsp3) is 0.238. The van der Waals surface area contributed by atoms with Crippen LogP contribution in [0.5, 0.6) is 0 Å². The number of carbonyl (C=O) groups excluding carboxylic acids is 2. The molecule has 2 aromatic carbocycles. The van der Waals surface area contributed by atoms with Gasteiger partial charge in [0.1, 0.15) is 0 Å². The summed E-state index contributed by atoms with van der Waals surface area (Å²) in [6.07, 6.45) is -0.751.